The lowest BCUT2D eigenvalue weighted by Crippen LogP contribution is -1.75. The van der Waals surface area contributed by atoms with Gasteiger partial charge in [0.15, 0.2) is 5.75 Å². The SMILES string of the molecule is [O]c1cccc(-c2ccc(Br)cc2)c1. The maximum absolute atomic E-state index is 11.1. The van der Waals surface area contributed by atoms with Crippen LogP contribution in [0.15, 0.2) is 53.0 Å². The van der Waals surface area contributed by atoms with Gasteiger partial charge in [-0.1, -0.05) is 40.2 Å². The zero-order valence-corrected chi connectivity index (χ0v) is 8.99. The lowest BCUT2D eigenvalue weighted by atomic mass is 10.1. The Morgan fingerprint density at radius 3 is 2.21 bits per heavy atom. The van der Waals surface area contributed by atoms with E-state index in [1.54, 1.807) is 18.2 Å². The smallest absolute Gasteiger partial charge is 0.179 e. The Balaban J connectivity index is 2.44. The number of hydrogen-bond acceptors (Lipinski definition) is 0. The Hall–Kier alpha value is -1.28. The molecular formula is C12H8BrO. The molecule has 1 nitrogen and oxygen atoms in total. The Labute approximate surface area is 91.2 Å². The van der Waals surface area contributed by atoms with Crippen LogP contribution in [0.3, 0.4) is 0 Å². The van der Waals surface area contributed by atoms with Crippen molar-refractivity contribution in [2.24, 2.45) is 0 Å². The summed E-state index contributed by atoms with van der Waals surface area (Å²) in [4.78, 5) is 0. The summed E-state index contributed by atoms with van der Waals surface area (Å²) < 4.78 is 1.04. The van der Waals surface area contributed by atoms with E-state index in [4.69, 9.17) is 0 Å². The molecule has 14 heavy (non-hydrogen) atoms. The maximum atomic E-state index is 11.1. The molecule has 0 aliphatic rings. The molecular weight excluding hydrogens is 240 g/mol. The molecule has 2 rings (SSSR count). The standard InChI is InChI=1S/C12H8BrO/c13-11-6-4-9(5-7-11)10-2-1-3-12(14)8-10/h1-8H. The Morgan fingerprint density at radius 1 is 0.857 bits per heavy atom. The van der Waals surface area contributed by atoms with Gasteiger partial charge in [0, 0.05) is 4.47 Å². The van der Waals surface area contributed by atoms with E-state index in [1.165, 1.54) is 0 Å². The summed E-state index contributed by atoms with van der Waals surface area (Å²) in [6, 6.07) is 14.8. The minimum atomic E-state index is 0.0467. The van der Waals surface area contributed by atoms with Gasteiger partial charge in [-0.2, -0.15) is 0 Å². The molecule has 0 heterocycles. The second-order valence-corrected chi connectivity index (χ2v) is 3.95. The minimum absolute atomic E-state index is 0.0467. The van der Waals surface area contributed by atoms with E-state index in [0.29, 0.717) is 0 Å². The maximum Gasteiger partial charge on any atom is 0.179 e. The van der Waals surface area contributed by atoms with Crippen LogP contribution in [-0.4, -0.2) is 0 Å². The van der Waals surface area contributed by atoms with E-state index in [1.807, 2.05) is 30.3 Å². The summed E-state index contributed by atoms with van der Waals surface area (Å²) in [6.45, 7) is 0. The van der Waals surface area contributed by atoms with Crippen molar-refractivity contribution < 1.29 is 5.11 Å². The van der Waals surface area contributed by atoms with E-state index in [-0.39, 0.29) is 5.75 Å². The third kappa shape index (κ3) is 1.96. The Kier molecular flexibility index (Phi) is 2.55. The first-order valence-corrected chi connectivity index (χ1v) is 5.08. The third-order valence-corrected chi connectivity index (χ3v) is 2.54. The molecule has 2 aromatic rings. The summed E-state index contributed by atoms with van der Waals surface area (Å²) in [5.74, 6) is 0.0467. The van der Waals surface area contributed by atoms with Crippen molar-refractivity contribution in [3.63, 3.8) is 0 Å². The van der Waals surface area contributed by atoms with Crippen LogP contribution in [0.1, 0.15) is 0 Å². The first-order chi connectivity index (χ1) is 6.75. The largest absolute Gasteiger partial charge is 0.290 e. The van der Waals surface area contributed by atoms with Crippen LogP contribution in [-0.2, 0) is 5.11 Å². The fraction of sp³-hybridized carbons (Fsp3) is 0. The van der Waals surface area contributed by atoms with Gasteiger partial charge in [-0.15, -0.1) is 0 Å². The number of rotatable bonds is 1. The molecule has 2 aromatic carbocycles. The third-order valence-electron chi connectivity index (χ3n) is 2.01. The van der Waals surface area contributed by atoms with Gasteiger partial charge in [0.05, 0.1) is 0 Å². The van der Waals surface area contributed by atoms with E-state index >= 15 is 0 Å². The Bertz CT molecular complexity index is 434. The molecule has 0 aliphatic carbocycles. The van der Waals surface area contributed by atoms with Crippen molar-refractivity contribution in [1.29, 1.82) is 0 Å². The molecule has 0 bridgehead atoms. The average Bonchev–Trinajstić information content (AvgIpc) is 2.19. The average molecular weight is 248 g/mol. The molecule has 0 aliphatic heterocycles. The molecule has 0 saturated heterocycles. The lowest BCUT2D eigenvalue weighted by Gasteiger charge is -2.00. The summed E-state index contributed by atoms with van der Waals surface area (Å²) in [6.07, 6.45) is 0. The van der Waals surface area contributed by atoms with E-state index in [0.717, 1.165) is 15.6 Å². The van der Waals surface area contributed by atoms with Crippen LogP contribution < -0.4 is 0 Å². The fourth-order valence-corrected chi connectivity index (χ4v) is 1.58. The molecule has 0 N–H and O–H groups in total. The van der Waals surface area contributed by atoms with Crippen molar-refractivity contribution in [2.45, 2.75) is 0 Å². The van der Waals surface area contributed by atoms with Crippen molar-refractivity contribution >= 4 is 15.9 Å². The first-order valence-electron chi connectivity index (χ1n) is 4.29. The first kappa shape index (κ1) is 9.28. The van der Waals surface area contributed by atoms with Gasteiger partial charge < -0.3 is 0 Å². The molecule has 0 aromatic heterocycles. The highest BCUT2D eigenvalue weighted by molar-refractivity contribution is 9.10. The summed E-state index contributed by atoms with van der Waals surface area (Å²) in [5.41, 5.74) is 2.02. The Morgan fingerprint density at radius 2 is 1.57 bits per heavy atom. The molecule has 2 heteroatoms. The second-order valence-electron chi connectivity index (χ2n) is 3.03. The predicted molar refractivity (Wildman–Crippen MR) is 59.7 cm³/mol. The minimum Gasteiger partial charge on any atom is -0.290 e. The van der Waals surface area contributed by atoms with E-state index in [2.05, 4.69) is 15.9 Å². The van der Waals surface area contributed by atoms with Crippen LogP contribution >= 0.6 is 15.9 Å². The van der Waals surface area contributed by atoms with Crippen molar-refractivity contribution in [3.05, 3.63) is 53.0 Å². The van der Waals surface area contributed by atoms with Gasteiger partial charge in [0.1, 0.15) is 0 Å². The summed E-state index contributed by atoms with van der Waals surface area (Å²) in [5, 5.41) is 11.1. The number of halogens is 1. The van der Waals surface area contributed by atoms with Crippen LogP contribution in [0.25, 0.3) is 11.1 Å². The molecule has 69 valence electrons. The topological polar surface area (TPSA) is 19.9 Å². The van der Waals surface area contributed by atoms with Gasteiger partial charge in [0.25, 0.3) is 0 Å². The second kappa shape index (κ2) is 3.84. The van der Waals surface area contributed by atoms with Gasteiger partial charge >= 0.3 is 0 Å². The van der Waals surface area contributed by atoms with Crippen LogP contribution in [0.4, 0.5) is 0 Å². The summed E-state index contributed by atoms with van der Waals surface area (Å²) in [7, 11) is 0. The molecule has 0 fully saturated rings. The monoisotopic (exact) mass is 247 g/mol. The van der Waals surface area contributed by atoms with Gasteiger partial charge in [0.2, 0.25) is 0 Å². The molecule has 0 atom stereocenters. The molecule has 0 saturated carbocycles. The number of benzene rings is 2. The zero-order valence-electron chi connectivity index (χ0n) is 7.41. The van der Waals surface area contributed by atoms with E-state index < -0.39 is 0 Å². The van der Waals surface area contributed by atoms with Gasteiger partial charge in [-0.3, -0.25) is 5.11 Å². The van der Waals surface area contributed by atoms with Crippen molar-refractivity contribution in [2.75, 3.05) is 0 Å². The quantitative estimate of drug-likeness (QED) is 0.718. The van der Waals surface area contributed by atoms with Gasteiger partial charge in [-0.25, -0.2) is 0 Å². The van der Waals surface area contributed by atoms with Crippen LogP contribution in [0, 0.1) is 0 Å². The highest BCUT2D eigenvalue weighted by atomic mass is 79.9. The predicted octanol–water partition coefficient (Wildman–Crippen LogP) is 4.26. The van der Waals surface area contributed by atoms with Crippen LogP contribution in [0.5, 0.6) is 5.75 Å². The molecule has 0 unspecified atom stereocenters. The summed E-state index contributed by atoms with van der Waals surface area (Å²) >= 11 is 3.37. The van der Waals surface area contributed by atoms with Crippen molar-refractivity contribution in [1.82, 2.24) is 0 Å². The molecule has 1 radical (unpaired) electrons. The highest BCUT2D eigenvalue weighted by Crippen LogP contribution is 2.24. The highest BCUT2D eigenvalue weighted by Gasteiger charge is 1.98. The van der Waals surface area contributed by atoms with Crippen molar-refractivity contribution in [3.8, 4) is 16.9 Å². The normalized spacial score (nSPS) is 10.1. The molecule has 0 spiro atoms. The lowest BCUT2D eigenvalue weighted by molar-refractivity contribution is 0.355. The zero-order chi connectivity index (χ0) is 9.97. The fourth-order valence-electron chi connectivity index (χ4n) is 1.32. The number of hydrogen-bond donors (Lipinski definition) is 0. The van der Waals surface area contributed by atoms with E-state index in [9.17, 15) is 5.11 Å². The molecule has 0 amide bonds. The van der Waals surface area contributed by atoms with Crippen LogP contribution in [0.2, 0.25) is 0 Å². The van der Waals surface area contributed by atoms with Gasteiger partial charge in [-0.05, 0) is 35.4 Å².